The van der Waals surface area contributed by atoms with Crippen LogP contribution in [0.5, 0.6) is 11.5 Å². The zero-order valence-electron chi connectivity index (χ0n) is 12.6. The van der Waals surface area contributed by atoms with E-state index in [1.807, 2.05) is 19.1 Å². The van der Waals surface area contributed by atoms with E-state index in [4.69, 9.17) is 21.1 Å². The minimum absolute atomic E-state index is 0.281. The maximum Gasteiger partial charge on any atom is 0.179 e. The molecule has 0 saturated carbocycles. The van der Waals surface area contributed by atoms with Crippen LogP contribution in [-0.2, 0) is 6.54 Å². The molecule has 114 valence electrons. The quantitative estimate of drug-likeness (QED) is 0.775. The first-order chi connectivity index (χ1) is 9.54. The smallest absolute Gasteiger partial charge is 0.179 e. The van der Waals surface area contributed by atoms with Crippen molar-refractivity contribution in [2.24, 2.45) is 5.92 Å². The summed E-state index contributed by atoms with van der Waals surface area (Å²) in [6, 6.07) is 3.72. The molecule has 1 rings (SSSR count). The van der Waals surface area contributed by atoms with Crippen molar-refractivity contribution >= 4 is 11.6 Å². The molecule has 1 aromatic rings. The zero-order chi connectivity index (χ0) is 15.1. The van der Waals surface area contributed by atoms with E-state index in [9.17, 15) is 5.11 Å². The van der Waals surface area contributed by atoms with Gasteiger partial charge < -0.3 is 19.9 Å². The molecule has 1 aromatic carbocycles. The van der Waals surface area contributed by atoms with Crippen molar-refractivity contribution in [2.45, 2.75) is 32.9 Å². The van der Waals surface area contributed by atoms with Gasteiger partial charge in [0.25, 0.3) is 0 Å². The summed E-state index contributed by atoms with van der Waals surface area (Å²) in [4.78, 5) is 0. The fourth-order valence-electron chi connectivity index (χ4n) is 1.89. The average molecular weight is 302 g/mol. The van der Waals surface area contributed by atoms with Crippen molar-refractivity contribution in [3.05, 3.63) is 22.7 Å². The summed E-state index contributed by atoms with van der Waals surface area (Å²) < 4.78 is 10.4. The van der Waals surface area contributed by atoms with Gasteiger partial charge in [0.1, 0.15) is 0 Å². The lowest BCUT2D eigenvalue weighted by Gasteiger charge is -2.18. The molecule has 2 atom stereocenters. The number of methoxy groups -OCH3 is 2. The van der Waals surface area contributed by atoms with Crippen LogP contribution in [0.25, 0.3) is 0 Å². The third-order valence-electron chi connectivity index (χ3n) is 3.53. The summed E-state index contributed by atoms with van der Waals surface area (Å²) in [5.74, 6) is 1.43. The maximum atomic E-state index is 9.91. The predicted octanol–water partition coefficient (Wildman–Crippen LogP) is 2.85. The van der Waals surface area contributed by atoms with Crippen LogP contribution in [-0.4, -0.2) is 32.0 Å². The van der Waals surface area contributed by atoms with Gasteiger partial charge in [0.15, 0.2) is 11.5 Å². The molecule has 20 heavy (non-hydrogen) atoms. The number of nitrogens with one attached hydrogen (secondary N) is 1. The molecule has 2 N–H and O–H groups in total. The normalized spacial score (nSPS) is 13.9. The van der Waals surface area contributed by atoms with Gasteiger partial charge in [0.2, 0.25) is 0 Å². The lowest BCUT2D eigenvalue weighted by Crippen LogP contribution is -2.31. The summed E-state index contributed by atoms with van der Waals surface area (Å²) in [7, 11) is 3.14. The van der Waals surface area contributed by atoms with Gasteiger partial charge in [0, 0.05) is 13.1 Å². The molecule has 0 saturated heterocycles. The van der Waals surface area contributed by atoms with Gasteiger partial charge in [-0.2, -0.15) is 0 Å². The second-order valence-corrected chi connectivity index (χ2v) is 5.24. The number of aliphatic hydroxyl groups excluding tert-OH is 1. The number of rotatable bonds is 8. The fourth-order valence-corrected chi connectivity index (χ4v) is 2.19. The zero-order valence-corrected chi connectivity index (χ0v) is 13.3. The first-order valence-electron chi connectivity index (χ1n) is 6.83. The number of aliphatic hydroxyl groups is 1. The second kappa shape index (κ2) is 8.35. The number of hydrogen-bond acceptors (Lipinski definition) is 4. The van der Waals surface area contributed by atoms with Gasteiger partial charge >= 0.3 is 0 Å². The van der Waals surface area contributed by atoms with Gasteiger partial charge in [-0.05, 0) is 17.5 Å². The summed E-state index contributed by atoms with van der Waals surface area (Å²) >= 11 is 6.29. The van der Waals surface area contributed by atoms with Crippen molar-refractivity contribution < 1.29 is 14.6 Å². The summed E-state index contributed by atoms with van der Waals surface area (Å²) in [6.07, 6.45) is 0.610. The highest BCUT2D eigenvalue weighted by atomic mass is 35.5. The van der Waals surface area contributed by atoms with Crippen LogP contribution in [0.1, 0.15) is 25.8 Å². The Labute approximate surface area is 126 Å². The standard InChI is InChI=1S/C15H24ClNO3/c1-5-10(2)12(18)9-17-8-11-6-7-13(19-3)15(20-4)14(11)16/h6-7,10,12,17-18H,5,8-9H2,1-4H3. The summed E-state index contributed by atoms with van der Waals surface area (Å²) in [5.41, 5.74) is 0.917. The van der Waals surface area contributed by atoms with Gasteiger partial charge in [0.05, 0.1) is 25.3 Å². The van der Waals surface area contributed by atoms with Crippen LogP contribution in [0.2, 0.25) is 5.02 Å². The number of halogens is 1. The maximum absolute atomic E-state index is 9.91. The Morgan fingerprint density at radius 1 is 1.30 bits per heavy atom. The summed E-state index contributed by atoms with van der Waals surface area (Å²) in [6.45, 7) is 5.22. The first kappa shape index (κ1) is 17.1. The monoisotopic (exact) mass is 301 g/mol. The van der Waals surface area contributed by atoms with Gasteiger partial charge in [-0.15, -0.1) is 0 Å². The highest BCUT2D eigenvalue weighted by Crippen LogP contribution is 2.37. The Kier molecular flexibility index (Phi) is 7.13. The van der Waals surface area contributed by atoms with E-state index in [2.05, 4.69) is 12.2 Å². The van der Waals surface area contributed by atoms with Gasteiger partial charge in [-0.3, -0.25) is 0 Å². The third-order valence-corrected chi connectivity index (χ3v) is 3.95. The summed E-state index contributed by atoms with van der Waals surface area (Å²) in [5, 5.41) is 13.7. The van der Waals surface area contributed by atoms with E-state index in [1.165, 1.54) is 0 Å². The third kappa shape index (κ3) is 4.27. The van der Waals surface area contributed by atoms with Crippen LogP contribution in [0, 0.1) is 5.92 Å². The minimum Gasteiger partial charge on any atom is -0.493 e. The van der Waals surface area contributed by atoms with Crippen molar-refractivity contribution in [3.8, 4) is 11.5 Å². The molecular weight excluding hydrogens is 278 g/mol. The Balaban J connectivity index is 2.65. The fraction of sp³-hybridized carbons (Fsp3) is 0.600. The molecule has 5 heteroatoms. The Bertz CT molecular complexity index is 426. The Morgan fingerprint density at radius 2 is 2.00 bits per heavy atom. The van der Waals surface area contributed by atoms with Crippen molar-refractivity contribution in [1.82, 2.24) is 5.32 Å². The Morgan fingerprint density at radius 3 is 2.55 bits per heavy atom. The van der Waals surface area contributed by atoms with Gasteiger partial charge in [-0.25, -0.2) is 0 Å². The predicted molar refractivity (Wildman–Crippen MR) is 81.7 cm³/mol. The van der Waals surface area contributed by atoms with Crippen molar-refractivity contribution in [1.29, 1.82) is 0 Å². The largest absolute Gasteiger partial charge is 0.493 e. The van der Waals surface area contributed by atoms with E-state index in [0.29, 0.717) is 29.6 Å². The van der Waals surface area contributed by atoms with E-state index in [-0.39, 0.29) is 12.0 Å². The lowest BCUT2D eigenvalue weighted by molar-refractivity contribution is 0.113. The van der Waals surface area contributed by atoms with E-state index >= 15 is 0 Å². The molecule has 0 bridgehead atoms. The van der Waals surface area contributed by atoms with Crippen molar-refractivity contribution in [3.63, 3.8) is 0 Å². The van der Waals surface area contributed by atoms with Crippen LogP contribution in [0.3, 0.4) is 0 Å². The van der Waals surface area contributed by atoms with Gasteiger partial charge in [-0.1, -0.05) is 37.9 Å². The average Bonchev–Trinajstić information content (AvgIpc) is 2.47. The van der Waals surface area contributed by atoms with Crippen LogP contribution in [0.15, 0.2) is 12.1 Å². The molecule has 2 unspecified atom stereocenters. The highest BCUT2D eigenvalue weighted by molar-refractivity contribution is 6.33. The van der Waals surface area contributed by atoms with E-state index in [1.54, 1.807) is 14.2 Å². The van der Waals surface area contributed by atoms with Crippen molar-refractivity contribution in [2.75, 3.05) is 20.8 Å². The Hall–Kier alpha value is -0.970. The highest BCUT2D eigenvalue weighted by Gasteiger charge is 2.14. The number of benzene rings is 1. The van der Waals surface area contributed by atoms with Crippen LogP contribution in [0.4, 0.5) is 0 Å². The molecule has 0 radical (unpaired) electrons. The molecule has 4 nitrogen and oxygen atoms in total. The topological polar surface area (TPSA) is 50.7 Å². The molecule has 0 aromatic heterocycles. The second-order valence-electron chi connectivity index (χ2n) is 4.86. The molecule has 0 aliphatic heterocycles. The molecule has 0 heterocycles. The molecule has 0 fully saturated rings. The molecular formula is C15H24ClNO3. The first-order valence-corrected chi connectivity index (χ1v) is 7.21. The number of hydrogen-bond donors (Lipinski definition) is 2. The molecule has 0 amide bonds. The SMILES string of the molecule is CCC(C)C(O)CNCc1ccc(OC)c(OC)c1Cl. The van der Waals surface area contributed by atoms with Crippen LogP contribution < -0.4 is 14.8 Å². The molecule has 0 aliphatic carbocycles. The van der Waals surface area contributed by atoms with E-state index in [0.717, 1.165) is 12.0 Å². The lowest BCUT2D eigenvalue weighted by atomic mass is 10.0. The molecule has 0 spiro atoms. The minimum atomic E-state index is -0.348. The molecule has 0 aliphatic rings. The van der Waals surface area contributed by atoms with Crippen LogP contribution >= 0.6 is 11.6 Å². The van der Waals surface area contributed by atoms with E-state index < -0.39 is 0 Å². The number of ether oxygens (including phenoxy) is 2.